The van der Waals surface area contributed by atoms with Gasteiger partial charge in [0.2, 0.25) is 5.91 Å². The number of hydrogen-bond donors (Lipinski definition) is 1. The van der Waals surface area contributed by atoms with Crippen LogP contribution in [0.25, 0.3) is 16.9 Å². The van der Waals surface area contributed by atoms with Crippen LogP contribution in [-0.4, -0.2) is 20.4 Å². The molecule has 1 N–H and O–H groups in total. The van der Waals surface area contributed by atoms with Crippen LogP contribution in [0.5, 0.6) is 0 Å². The molecular formula is C21H17ClN4O. The van der Waals surface area contributed by atoms with Crippen molar-refractivity contribution in [2.75, 3.05) is 5.32 Å². The van der Waals surface area contributed by atoms with Gasteiger partial charge in [0.25, 0.3) is 0 Å². The minimum Gasteiger partial charge on any atom is -0.326 e. The number of carbonyl (C=O) groups excluding carboxylic acids is 1. The number of pyridine rings is 1. The highest BCUT2D eigenvalue weighted by molar-refractivity contribution is 6.30. The molecule has 0 bridgehead atoms. The molecule has 4 aromatic rings. The molecule has 27 heavy (non-hydrogen) atoms. The maximum atomic E-state index is 12.3. The van der Waals surface area contributed by atoms with E-state index in [4.69, 9.17) is 11.6 Å². The highest BCUT2D eigenvalue weighted by Gasteiger charge is 2.14. The number of nitrogens with zero attached hydrogens (tertiary/aromatic N) is 3. The van der Waals surface area contributed by atoms with Gasteiger partial charge in [0, 0.05) is 35.4 Å². The van der Waals surface area contributed by atoms with E-state index in [1.54, 1.807) is 30.5 Å². The largest absolute Gasteiger partial charge is 0.326 e. The number of rotatable bonds is 5. The van der Waals surface area contributed by atoms with Gasteiger partial charge in [0.1, 0.15) is 11.3 Å². The van der Waals surface area contributed by atoms with Crippen molar-refractivity contribution in [3.05, 3.63) is 83.8 Å². The smallest absolute Gasteiger partial charge is 0.224 e. The molecule has 0 fully saturated rings. The molecule has 1 amide bonds. The molecule has 0 saturated carbocycles. The van der Waals surface area contributed by atoms with Crippen LogP contribution in [0.4, 0.5) is 5.69 Å². The summed E-state index contributed by atoms with van der Waals surface area (Å²) in [6.45, 7) is 0. The molecule has 0 unspecified atom stereocenters. The second kappa shape index (κ2) is 7.60. The van der Waals surface area contributed by atoms with Crippen LogP contribution in [0.1, 0.15) is 12.2 Å². The summed E-state index contributed by atoms with van der Waals surface area (Å²) in [6, 6.07) is 20.8. The van der Waals surface area contributed by atoms with Crippen LogP contribution in [0, 0.1) is 0 Å². The van der Waals surface area contributed by atoms with Gasteiger partial charge in [-0.2, -0.15) is 0 Å². The number of fused-ring (bicyclic) bond motifs is 1. The zero-order chi connectivity index (χ0) is 18.6. The minimum absolute atomic E-state index is 0.0723. The predicted molar refractivity (Wildman–Crippen MR) is 107 cm³/mol. The van der Waals surface area contributed by atoms with Crippen LogP contribution >= 0.6 is 11.6 Å². The van der Waals surface area contributed by atoms with Crippen LogP contribution in [-0.2, 0) is 11.2 Å². The Morgan fingerprint density at radius 3 is 2.56 bits per heavy atom. The van der Waals surface area contributed by atoms with Gasteiger partial charge in [-0.25, -0.2) is 9.97 Å². The van der Waals surface area contributed by atoms with E-state index >= 15 is 0 Å². The first-order chi connectivity index (χ1) is 13.2. The highest BCUT2D eigenvalue weighted by atomic mass is 35.5. The third kappa shape index (κ3) is 3.83. The lowest BCUT2D eigenvalue weighted by Gasteiger charge is -2.09. The van der Waals surface area contributed by atoms with Crippen LogP contribution in [0.3, 0.4) is 0 Å². The summed E-state index contributed by atoms with van der Waals surface area (Å²) in [5.74, 6) is 0.734. The van der Waals surface area contributed by atoms with Crippen molar-refractivity contribution in [1.29, 1.82) is 0 Å². The number of halogens is 1. The summed E-state index contributed by atoms with van der Waals surface area (Å²) < 4.78 is 2.00. The Labute approximate surface area is 161 Å². The van der Waals surface area contributed by atoms with Crippen LogP contribution < -0.4 is 5.32 Å². The van der Waals surface area contributed by atoms with E-state index in [0.717, 1.165) is 28.4 Å². The zero-order valence-corrected chi connectivity index (χ0v) is 15.2. The lowest BCUT2D eigenvalue weighted by atomic mass is 10.2. The molecule has 0 atom stereocenters. The second-order valence-corrected chi connectivity index (χ2v) is 6.54. The number of nitrogens with one attached hydrogen (secondary N) is 1. The molecule has 6 heteroatoms. The molecule has 0 spiro atoms. The second-order valence-electron chi connectivity index (χ2n) is 6.10. The van der Waals surface area contributed by atoms with Gasteiger partial charge in [-0.15, -0.1) is 0 Å². The molecule has 5 nitrogen and oxygen atoms in total. The number of imidazole rings is 1. The summed E-state index contributed by atoms with van der Waals surface area (Å²) in [6.07, 6.45) is 2.57. The molecule has 0 aliphatic rings. The summed E-state index contributed by atoms with van der Waals surface area (Å²) in [5, 5.41) is 3.52. The maximum absolute atomic E-state index is 12.3. The van der Waals surface area contributed by atoms with Crippen molar-refractivity contribution < 1.29 is 4.79 Å². The zero-order valence-electron chi connectivity index (χ0n) is 14.5. The van der Waals surface area contributed by atoms with Crippen molar-refractivity contribution >= 4 is 34.4 Å². The number of aromatic nitrogens is 3. The Kier molecular flexibility index (Phi) is 4.85. The van der Waals surface area contributed by atoms with Crippen molar-refractivity contribution in [3.8, 4) is 5.69 Å². The van der Waals surface area contributed by atoms with Crippen molar-refractivity contribution in [3.63, 3.8) is 0 Å². The van der Waals surface area contributed by atoms with Gasteiger partial charge in [-0.05, 0) is 48.5 Å². The van der Waals surface area contributed by atoms with Gasteiger partial charge in [-0.1, -0.05) is 29.8 Å². The topological polar surface area (TPSA) is 59.8 Å². The molecule has 134 valence electrons. The molecular weight excluding hydrogens is 360 g/mol. The minimum atomic E-state index is -0.0723. The molecule has 0 aliphatic heterocycles. The van der Waals surface area contributed by atoms with E-state index in [1.165, 1.54) is 0 Å². The third-order valence-electron chi connectivity index (χ3n) is 4.20. The van der Waals surface area contributed by atoms with E-state index in [2.05, 4.69) is 15.3 Å². The molecule has 0 saturated heterocycles. The van der Waals surface area contributed by atoms with Gasteiger partial charge < -0.3 is 5.32 Å². The maximum Gasteiger partial charge on any atom is 0.224 e. The van der Waals surface area contributed by atoms with E-state index in [1.807, 2.05) is 47.0 Å². The lowest BCUT2D eigenvalue weighted by Crippen LogP contribution is -2.13. The molecule has 2 aromatic carbocycles. The Morgan fingerprint density at radius 1 is 1.00 bits per heavy atom. The Hall–Kier alpha value is -3.18. The first-order valence-electron chi connectivity index (χ1n) is 8.64. The average Bonchev–Trinajstić information content (AvgIpc) is 3.07. The summed E-state index contributed by atoms with van der Waals surface area (Å²) in [5.41, 5.74) is 3.31. The quantitative estimate of drug-likeness (QED) is 0.551. The molecule has 4 rings (SSSR count). The first-order valence-corrected chi connectivity index (χ1v) is 9.02. The van der Waals surface area contributed by atoms with Gasteiger partial charge in [0.15, 0.2) is 5.65 Å². The van der Waals surface area contributed by atoms with Gasteiger partial charge >= 0.3 is 0 Å². The number of para-hydroxylation sites is 1. The fourth-order valence-corrected chi connectivity index (χ4v) is 3.08. The van der Waals surface area contributed by atoms with E-state index in [9.17, 15) is 4.79 Å². The number of amides is 1. The third-order valence-corrected chi connectivity index (χ3v) is 4.46. The van der Waals surface area contributed by atoms with Crippen molar-refractivity contribution in [2.45, 2.75) is 12.8 Å². The average molecular weight is 377 g/mol. The fourth-order valence-electron chi connectivity index (χ4n) is 2.96. The lowest BCUT2D eigenvalue weighted by molar-refractivity contribution is -0.116. The summed E-state index contributed by atoms with van der Waals surface area (Å²) >= 11 is 5.87. The monoisotopic (exact) mass is 376 g/mol. The number of aryl methyl sites for hydroxylation is 1. The van der Waals surface area contributed by atoms with Crippen molar-refractivity contribution in [2.24, 2.45) is 0 Å². The van der Waals surface area contributed by atoms with E-state index < -0.39 is 0 Å². The molecule has 2 heterocycles. The van der Waals surface area contributed by atoms with Crippen LogP contribution in [0.2, 0.25) is 5.02 Å². The number of hydrogen-bond acceptors (Lipinski definition) is 3. The molecule has 2 aromatic heterocycles. The Bertz CT molecular complexity index is 1070. The van der Waals surface area contributed by atoms with Gasteiger partial charge in [0.05, 0.1) is 0 Å². The first kappa shape index (κ1) is 17.2. The summed E-state index contributed by atoms with van der Waals surface area (Å²) in [4.78, 5) is 21.5. The SMILES string of the molecule is O=C(CCc1nc2cccnc2n1-c1ccccc1)Nc1ccc(Cl)cc1. The Morgan fingerprint density at radius 2 is 1.78 bits per heavy atom. The number of carbonyl (C=O) groups is 1. The van der Waals surface area contributed by atoms with Gasteiger partial charge in [-0.3, -0.25) is 9.36 Å². The van der Waals surface area contributed by atoms with Crippen molar-refractivity contribution in [1.82, 2.24) is 14.5 Å². The van der Waals surface area contributed by atoms with E-state index in [0.29, 0.717) is 17.9 Å². The number of anilines is 1. The Balaban J connectivity index is 1.57. The standard InChI is InChI=1S/C21H17ClN4O/c22-15-8-10-16(11-9-15)24-20(27)13-12-19-25-18-7-4-14-23-21(18)26(19)17-5-2-1-3-6-17/h1-11,14H,12-13H2,(H,24,27). The normalized spacial score (nSPS) is 10.9. The van der Waals surface area contributed by atoms with E-state index in [-0.39, 0.29) is 5.91 Å². The number of benzene rings is 2. The molecule has 0 radical (unpaired) electrons. The predicted octanol–water partition coefficient (Wildman–Crippen LogP) is 4.65. The van der Waals surface area contributed by atoms with Crippen LogP contribution in [0.15, 0.2) is 72.9 Å². The molecule has 0 aliphatic carbocycles. The fraction of sp³-hybridized carbons (Fsp3) is 0.0952. The summed E-state index contributed by atoms with van der Waals surface area (Å²) in [7, 11) is 0. The highest BCUT2D eigenvalue weighted by Crippen LogP contribution is 2.21.